The lowest BCUT2D eigenvalue weighted by Gasteiger charge is -2.39. The molecule has 124 valence electrons. The molecular formula is C17H33ClN2O. The van der Waals surface area contributed by atoms with E-state index in [4.69, 9.17) is 5.73 Å². The van der Waals surface area contributed by atoms with Crippen LogP contribution in [0.3, 0.4) is 0 Å². The summed E-state index contributed by atoms with van der Waals surface area (Å²) < 4.78 is 0. The highest BCUT2D eigenvalue weighted by Gasteiger charge is 2.32. The van der Waals surface area contributed by atoms with Crippen LogP contribution >= 0.6 is 12.4 Å². The molecular weight excluding hydrogens is 284 g/mol. The van der Waals surface area contributed by atoms with Crippen LogP contribution in [0.2, 0.25) is 0 Å². The second kappa shape index (κ2) is 7.82. The number of piperidine rings is 1. The van der Waals surface area contributed by atoms with E-state index in [9.17, 15) is 4.79 Å². The number of hydrogen-bond donors (Lipinski definition) is 1. The van der Waals surface area contributed by atoms with E-state index < -0.39 is 0 Å². The van der Waals surface area contributed by atoms with Gasteiger partial charge in [0, 0.05) is 25.6 Å². The van der Waals surface area contributed by atoms with E-state index in [1.807, 2.05) is 0 Å². The fourth-order valence-corrected chi connectivity index (χ4v) is 3.84. The van der Waals surface area contributed by atoms with Gasteiger partial charge in [-0.25, -0.2) is 0 Å². The maximum absolute atomic E-state index is 12.4. The number of amides is 1. The van der Waals surface area contributed by atoms with E-state index in [1.54, 1.807) is 0 Å². The summed E-state index contributed by atoms with van der Waals surface area (Å²) in [5.41, 5.74) is 6.54. The van der Waals surface area contributed by atoms with E-state index in [1.165, 1.54) is 12.8 Å². The molecule has 0 aromatic heterocycles. The lowest BCUT2D eigenvalue weighted by molar-refractivity contribution is -0.134. The summed E-state index contributed by atoms with van der Waals surface area (Å²) in [6.45, 7) is 8.84. The lowest BCUT2D eigenvalue weighted by Crippen LogP contribution is -2.43. The predicted molar refractivity (Wildman–Crippen MR) is 90.6 cm³/mol. The Hall–Kier alpha value is -0.280. The Morgan fingerprint density at radius 1 is 1.10 bits per heavy atom. The average Bonchev–Trinajstić information content (AvgIpc) is 2.40. The number of nitrogens with two attached hydrogens (primary N) is 1. The standard InChI is InChI=1S/C17H32N2O.ClH/c1-17(2,3)14-8-10-19(11-9-14)16(20)12-13-6-4-5-7-15(13)18;/h13-15H,4-12,18H2,1-3H3;1H. The predicted octanol–water partition coefficient (Wildman–Crippen LogP) is 3.60. The second-order valence-electron chi connectivity index (χ2n) is 7.93. The van der Waals surface area contributed by atoms with Gasteiger partial charge in [-0.1, -0.05) is 33.6 Å². The summed E-state index contributed by atoms with van der Waals surface area (Å²) in [5.74, 6) is 1.53. The molecule has 0 bridgehead atoms. The Bertz CT molecular complexity index is 332. The third-order valence-corrected chi connectivity index (χ3v) is 5.48. The minimum Gasteiger partial charge on any atom is -0.343 e. The molecule has 1 amide bonds. The minimum atomic E-state index is 0. The van der Waals surface area contributed by atoms with E-state index in [-0.39, 0.29) is 18.4 Å². The van der Waals surface area contributed by atoms with Crippen LogP contribution in [0.25, 0.3) is 0 Å². The van der Waals surface area contributed by atoms with Crippen molar-refractivity contribution in [1.29, 1.82) is 0 Å². The zero-order chi connectivity index (χ0) is 14.8. The molecule has 1 saturated heterocycles. The number of carbonyl (C=O) groups excluding carboxylic acids is 1. The highest BCUT2D eigenvalue weighted by Crippen LogP contribution is 2.35. The first-order valence-electron chi connectivity index (χ1n) is 8.41. The molecule has 0 radical (unpaired) electrons. The van der Waals surface area contributed by atoms with Crippen molar-refractivity contribution in [2.45, 2.75) is 71.8 Å². The second-order valence-corrected chi connectivity index (χ2v) is 7.93. The molecule has 21 heavy (non-hydrogen) atoms. The van der Waals surface area contributed by atoms with Gasteiger partial charge in [0.05, 0.1) is 0 Å². The molecule has 1 heterocycles. The van der Waals surface area contributed by atoms with Crippen LogP contribution in [0.15, 0.2) is 0 Å². The molecule has 4 heteroatoms. The highest BCUT2D eigenvalue weighted by molar-refractivity contribution is 5.85. The van der Waals surface area contributed by atoms with Crippen molar-refractivity contribution in [3.63, 3.8) is 0 Å². The molecule has 2 atom stereocenters. The van der Waals surface area contributed by atoms with Crippen LogP contribution < -0.4 is 5.73 Å². The van der Waals surface area contributed by atoms with Crippen molar-refractivity contribution in [2.24, 2.45) is 23.0 Å². The van der Waals surface area contributed by atoms with Crippen LogP contribution in [0.4, 0.5) is 0 Å². The van der Waals surface area contributed by atoms with E-state index in [2.05, 4.69) is 25.7 Å². The molecule has 0 spiro atoms. The normalized spacial score (nSPS) is 28.1. The largest absolute Gasteiger partial charge is 0.343 e. The van der Waals surface area contributed by atoms with Gasteiger partial charge in [-0.2, -0.15) is 0 Å². The number of rotatable bonds is 2. The molecule has 2 N–H and O–H groups in total. The van der Waals surface area contributed by atoms with Crippen molar-refractivity contribution < 1.29 is 4.79 Å². The third kappa shape index (κ3) is 5.14. The maximum Gasteiger partial charge on any atom is 0.222 e. The Kier molecular flexibility index (Phi) is 6.99. The maximum atomic E-state index is 12.4. The van der Waals surface area contributed by atoms with Gasteiger partial charge in [-0.15, -0.1) is 12.4 Å². The van der Waals surface area contributed by atoms with Crippen molar-refractivity contribution in [1.82, 2.24) is 4.90 Å². The van der Waals surface area contributed by atoms with Gasteiger partial charge in [-0.05, 0) is 42.9 Å². The number of carbonyl (C=O) groups is 1. The summed E-state index contributed by atoms with van der Waals surface area (Å²) in [4.78, 5) is 14.5. The first-order chi connectivity index (χ1) is 9.38. The zero-order valence-electron chi connectivity index (χ0n) is 13.9. The lowest BCUT2D eigenvalue weighted by atomic mass is 9.75. The van der Waals surface area contributed by atoms with Crippen molar-refractivity contribution >= 4 is 18.3 Å². The number of halogens is 1. The fraction of sp³-hybridized carbons (Fsp3) is 0.941. The average molecular weight is 317 g/mol. The van der Waals surface area contributed by atoms with Crippen LogP contribution in [0, 0.1) is 17.3 Å². The molecule has 2 rings (SSSR count). The van der Waals surface area contributed by atoms with E-state index in [0.29, 0.717) is 23.7 Å². The summed E-state index contributed by atoms with van der Waals surface area (Å²) >= 11 is 0. The van der Waals surface area contributed by atoms with Gasteiger partial charge < -0.3 is 10.6 Å². The Balaban J connectivity index is 0.00000220. The fourth-order valence-electron chi connectivity index (χ4n) is 3.84. The molecule has 2 unspecified atom stereocenters. The minimum absolute atomic E-state index is 0. The SMILES string of the molecule is CC(C)(C)C1CCN(C(=O)CC2CCCCC2N)CC1.Cl. The molecule has 2 aliphatic rings. The van der Waals surface area contributed by atoms with Crippen molar-refractivity contribution in [3.05, 3.63) is 0 Å². The molecule has 0 aromatic carbocycles. The first kappa shape index (κ1) is 18.8. The van der Waals surface area contributed by atoms with Gasteiger partial charge in [-0.3, -0.25) is 4.79 Å². The Labute approximate surface area is 136 Å². The quantitative estimate of drug-likeness (QED) is 0.846. The molecule has 1 saturated carbocycles. The highest BCUT2D eigenvalue weighted by atomic mass is 35.5. The monoisotopic (exact) mass is 316 g/mol. The smallest absolute Gasteiger partial charge is 0.222 e. The van der Waals surface area contributed by atoms with Crippen LogP contribution in [0.5, 0.6) is 0 Å². The zero-order valence-corrected chi connectivity index (χ0v) is 14.8. The molecule has 1 aliphatic heterocycles. The number of likely N-dealkylation sites (tertiary alicyclic amines) is 1. The molecule has 0 aromatic rings. The van der Waals surface area contributed by atoms with Gasteiger partial charge in [0.1, 0.15) is 0 Å². The Morgan fingerprint density at radius 3 is 2.19 bits per heavy atom. The van der Waals surface area contributed by atoms with Crippen LogP contribution in [-0.4, -0.2) is 29.9 Å². The van der Waals surface area contributed by atoms with Crippen molar-refractivity contribution in [2.75, 3.05) is 13.1 Å². The van der Waals surface area contributed by atoms with Gasteiger partial charge in [0.15, 0.2) is 0 Å². The molecule has 3 nitrogen and oxygen atoms in total. The van der Waals surface area contributed by atoms with Crippen molar-refractivity contribution in [3.8, 4) is 0 Å². The summed E-state index contributed by atoms with van der Waals surface area (Å²) in [6, 6.07) is 0.250. The Morgan fingerprint density at radius 2 is 1.67 bits per heavy atom. The molecule has 1 aliphatic carbocycles. The van der Waals surface area contributed by atoms with Crippen LogP contribution in [0.1, 0.15) is 65.7 Å². The number of nitrogens with zero attached hydrogens (tertiary/aromatic N) is 1. The number of hydrogen-bond acceptors (Lipinski definition) is 2. The van der Waals surface area contributed by atoms with Gasteiger partial charge >= 0.3 is 0 Å². The summed E-state index contributed by atoms with van der Waals surface area (Å²) in [6.07, 6.45) is 7.73. The summed E-state index contributed by atoms with van der Waals surface area (Å²) in [5, 5.41) is 0. The molecule has 2 fully saturated rings. The first-order valence-corrected chi connectivity index (χ1v) is 8.41. The van der Waals surface area contributed by atoms with Gasteiger partial charge in [0.25, 0.3) is 0 Å². The topological polar surface area (TPSA) is 46.3 Å². The summed E-state index contributed by atoms with van der Waals surface area (Å²) in [7, 11) is 0. The van der Waals surface area contributed by atoms with Gasteiger partial charge in [0.2, 0.25) is 5.91 Å². The third-order valence-electron chi connectivity index (χ3n) is 5.48. The van der Waals surface area contributed by atoms with Crippen LogP contribution in [-0.2, 0) is 4.79 Å². The van der Waals surface area contributed by atoms with E-state index in [0.717, 1.165) is 44.7 Å². The van der Waals surface area contributed by atoms with E-state index >= 15 is 0 Å².